The lowest BCUT2D eigenvalue weighted by molar-refractivity contribution is -0.0736. The van der Waals surface area contributed by atoms with Gasteiger partial charge in [-0.1, -0.05) is 13.3 Å². The Morgan fingerprint density at radius 2 is 1.94 bits per heavy atom. The molecule has 0 aromatic heterocycles. The summed E-state index contributed by atoms with van der Waals surface area (Å²) < 4.78 is 16.4. The molecule has 1 fully saturated rings. The topological polar surface area (TPSA) is 47.6 Å². The van der Waals surface area contributed by atoms with Crippen molar-refractivity contribution in [3.05, 3.63) is 6.92 Å². The molecule has 0 spiro atoms. The molecule has 1 saturated heterocycles. The van der Waals surface area contributed by atoms with E-state index in [1.165, 1.54) is 0 Å². The number of hydrogen-bond acceptors (Lipinski definition) is 3. The molecule has 0 aliphatic carbocycles. The molecule has 0 N–H and O–H groups in total. The monoisotopic (exact) mass is 230 g/mol. The number of unbranched alkanes of at least 4 members (excludes halogenated alkanes) is 1. The van der Waals surface area contributed by atoms with Crippen LogP contribution in [0, 0.1) is 6.92 Å². The minimum absolute atomic E-state index is 0.0924. The Hall–Kier alpha value is -0.160. The van der Waals surface area contributed by atoms with Crippen LogP contribution in [0.3, 0.4) is 0 Å². The van der Waals surface area contributed by atoms with Gasteiger partial charge in [-0.15, -0.1) is 0 Å². The van der Waals surface area contributed by atoms with Crippen molar-refractivity contribution >= 4 is 0 Å². The van der Waals surface area contributed by atoms with Gasteiger partial charge in [-0.2, -0.15) is 0 Å². The lowest BCUT2D eigenvalue weighted by Gasteiger charge is -2.20. The molecular formula is C12H22O4. The maximum Gasteiger partial charge on any atom is 0.118 e. The SMILES string of the molecule is [CH2]CCCOC1CCOCC([O])CCOC1. The summed E-state index contributed by atoms with van der Waals surface area (Å²) in [5, 5.41) is 11.2. The zero-order valence-electron chi connectivity index (χ0n) is 9.86. The van der Waals surface area contributed by atoms with Crippen LogP contribution in [0.25, 0.3) is 0 Å². The van der Waals surface area contributed by atoms with E-state index >= 15 is 0 Å². The van der Waals surface area contributed by atoms with Crippen molar-refractivity contribution in [3.8, 4) is 0 Å². The first kappa shape index (κ1) is 13.9. The summed E-state index contributed by atoms with van der Waals surface area (Å²) in [7, 11) is 0. The fraction of sp³-hybridized carbons (Fsp3) is 0.917. The van der Waals surface area contributed by atoms with Gasteiger partial charge in [0.2, 0.25) is 0 Å². The maximum absolute atomic E-state index is 11.2. The zero-order chi connectivity index (χ0) is 11.6. The fourth-order valence-electron chi connectivity index (χ4n) is 1.51. The lowest BCUT2D eigenvalue weighted by Crippen LogP contribution is -2.27. The number of rotatable bonds is 4. The summed E-state index contributed by atoms with van der Waals surface area (Å²) in [4.78, 5) is 0. The predicted octanol–water partition coefficient (Wildman–Crippen LogP) is 1.61. The van der Waals surface area contributed by atoms with Crippen molar-refractivity contribution < 1.29 is 19.3 Å². The molecule has 0 aromatic carbocycles. The first-order chi connectivity index (χ1) is 7.83. The van der Waals surface area contributed by atoms with E-state index in [0.717, 1.165) is 25.9 Å². The molecule has 2 radical (unpaired) electrons. The minimum Gasteiger partial charge on any atom is -0.379 e. The second kappa shape index (κ2) is 8.93. The second-order valence-corrected chi connectivity index (χ2v) is 4.05. The highest BCUT2D eigenvalue weighted by Gasteiger charge is 2.14. The van der Waals surface area contributed by atoms with Crippen molar-refractivity contribution in [1.82, 2.24) is 0 Å². The molecular weight excluding hydrogens is 208 g/mol. The number of hydrogen-bond donors (Lipinski definition) is 0. The number of ether oxygens (including phenoxy) is 3. The third-order valence-electron chi connectivity index (χ3n) is 2.52. The quantitative estimate of drug-likeness (QED) is 0.689. The Labute approximate surface area is 97.9 Å². The van der Waals surface area contributed by atoms with E-state index < -0.39 is 6.10 Å². The Morgan fingerprint density at radius 3 is 2.75 bits per heavy atom. The highest BCUT2D eigenvalue weighted by atomic mass is 16.5. The predicted molar refractivity (Wildman–Crippen MR) is 59.7 cm³/mol. The molecule has 2 unspecified atom stereocenters. The molecule has 0 amide bonds. The van der Waals surface area contributed by atoms with E-state index in [0.29, 0.717) is 26.2 Å². The van der Waals surface area contributed by atoms with Gasteiger partial charge >= 0.3 is 0 Å². The van der Waals surface area contributed by atoms with Crippen molar-refractivity contribution in [2.75, 3.05) is 33.0 Å². The van der Waals surface area contributed by atoms with E-state index in [4.69, 9.17) is 14.2 Å². The van der Waals surface area contributed by atoms with Crippen LogP contribution in [0.4, 0.5) is 0 Å². The van der Waals surface area contributed by atoms with E-state index in [9.17, 15) is 5.11 Å². The van der Waals surface area contributed by atoms with Crippen LogP contribution in [0.5, 0.6) is 0 Å². The molecule has 0 aromatic rings. The molecule has 94 valence electrons. The molecule has 4 nitrogen and oxygen atoms in total. The summed E-state index contributed by atoms with van der Waals surface area (Å²) in [6.07, 6.45) is 2.62. The van der Waals surface area contributed by atoms with Gasteiger partial charge in [-0.3, -0.25) is 0 Å². The highest BCUT2D eigenvalue weighted by Crippen LogP contribution is 2.06. The van der Waals surface area contributed by atoms with Crippen LogP contribution in [-0.4, -0.2) is 45.2 Å². The van der Waals surface area contributed by atoms with E-state index in [-0.39, 0.29) is 12.7 Å². The molecule has 0 saturated carbocycles. The fourth-order valence-corrected chi connectivity index (χ4v) is 1.51. The van der Waals surface area contributed by atoms with Gasteiger partial charge in [0.05, 0.1) is 19.3 Å². The van der Waals surface area contributed by atoms with Crippen LogP contribution in [0.2, 0.25) is 0 Å². The summed E-state index contributed by atoms with van der Waals surface area (Å²) in [6.45, 7) is 6.43. The van der Waals surface area contributed by atoms with E-state index in [1.54, 1.807) is 0 Å². The van der Waals surface area contributed by atoms with Crippen LogP contribution in [0.1, 0.15) is 25.7 Å². The third-order valence-corrected chi connectivity index (χ3v) is 2.52. The van der Waals surface area contributed by atoms with Gasteiger partial charge in [-0.25, -0.2) is 5.11 Å². The summed E-state index contributed by atoms with van der Waals surface area (Å²) >= 11 is 0. The van der Waals surface area contributed by atoms with Crippen LogP contribution in [-0.2, 0) is 19.3 Å². The molecule has 0 bridgehead atoms. The van der Waals surface area contributed by atoms with Crippen LogP contribution in [0.15, 0.2) is 0 Å². The van der Waals surface area contributed by atoms with E-state index in [2.05, 4.69) is 6.92 Å². The van der Waals surface area contributed by atoms with Gasteiger partial charge in [-0.05, 0) is 12.8 Å². The first-order valence-electron chi connectivity index (χ1n) is 6.05. The van der Waals surface area contributed by atoms with E-state index in [1.807, 2.05) is 0 Å². The molecule has 4 heteroatoms. The zero-order valence-corrected chi connectivity index (χ0v) is 9.86. The Balaban J connectivity index is 2.18. The standard InChI is InChI=1S/C12H22O4/c1-2-3-6-16-12-5-8-14-9-11(13)4-7-15-10-12/h11-12H,1-10H2. The third kappa shape index (κ3) is 6.43. The average molecular weight is 230 g/mol. The van der Waals surface area contributed by atoms with Crippen molar-refractivity contribution in [1.29, 1.82) is 0 Å². The normalized spacial score (nSPS) is 28.9. The van der Waals surface area contributed by atoms with Gasteiger partial charge < -0.3 is 14.2 Å². The lowest BCUT2D eigenvalue weighted by atomic mass is 10.2. The Morgan fingerprint density at radius 1 is 1.19 bits per heavy atom. The largest absolute Gasteiger partial charge is 0.379 e. The first-order valence-corrected chi connectivity index (χ1v) is 6.05. The van der Waals surface area contributed by atoms with Crippen molar-refractivity contribution in [3.63, 3.8) is 0 Å². The smallest absolute Gasteiger partial charge is 0.118 e. The minimum atomic E-state index is -0.649. The van der Waals surface area contributed by atoms with Gasteiger partial charge in [0, 0.05) is 26.2 Å². The summed E-state index contributed by atoms with van der Waals surface area (Å²) in [5.74, 6) is 0. The Bertz CT molecular complexity index is 151. The van der Waals surface area contributed by atoms with Crippen molar-refractivity contribution in [2.24, 2.45) is 0 Å². The second-order valence-electron chi connectivity index (χ2n) is 4.05. The molecule has 16 heavy (non-hydrogen) atoms. The highest BCUT2D eigenvalue weighted by molar-refractivity contribution is 4.61. The molecule has 1 aliphatic heterocycles. The molecule has 1 rings (SSSR count). The average Bonchev–Trinajstić information content (AvgIpc) is 2.29. The van der Waals surface area contributed by atoms with Gasteiger partial charge in [0.25, 0.3) is 0 Å². The summed E-state index contributed by atoms with van der Waals surface area (Å²) in [6, 6.07) is 0. The molecule has 2 atom stereocenters. The van der Waals surface area contributed by atoms with Gasteiger partial charge in [0.1, 0.15) is 6.10 Å². The Kier molecular flexibility index (Phi) is 7.76. The van der Waals surface area contributed by atoms with Crippen molar-refractivity contribution in [2.45, 2.75) is 37.9 Å². The molecule has 1 aliphatic rings. The maximum atomic E-state index is 11.2. The van der Waals surface area contributed by atoms with Gasteiger partial charge in [0.15, 0.2) is 0 Å². The van der Waals surface area contributed by atoms with Crippen LogP contribution < -0.4 is 0 Å². The summed E-state index contributed by atoms with van der Waals surface area (Å²) in [5.41, 5.74) is 0. The van der Waals surface area contributed by atoms with Crippen LogP contribution >= 0.6 is 0 Å². The molecule has 1 heterocycles.